The molecule has 2 heterocycles. The molecule has 4 nitrogen and oxygen atoms in total. The van der Waals surface area contributed by atoms with E-state index in [-0.39, 0.29) is 12.2 Å². The van der Waals surface area contributed by atoms with E-state index in [1.165, 1.54) is 10.5 Å². The van der Waals surface area contributed by atoms with Gasteiger partial charge in [-0.2, -0.15) is 0 Å². The molecule has 3 rings (SSSR count). The number of ether oxygens (including phenoxy) is 1. The van der Waals surface area contributed by atoms with Crippen LogP contribution in [-0.2, 0) is 6.61 Å². The third-order valence-electron chi connectivity index (χ3n) is 3.21. The third kappa shape index (κ3) is 2.94. The lowest BCUT2D eigenvalue weighted by atomic mass is 10.1. The van der Waals surface area contributed by atoms with E-state index >= 15 is 0 Å². The minimum absolute atomic E-state index is 0.0976. The first-order valence-electron chi connectivity index (χ1n) is 6.80. The van der Waals surface area contributed by atoms with Crippen molar-refractivity contribution in [3.05, 3.63) is 75.8 Å². The lowest BCUT2D eigenvalue weighted by Gasteiger charge is -2.08. The predicted octanol–water partition coefficient (Wildman–Crippen LogP) is 2.89. The molecule has 1 aromatic carbocycles. The van der Waals surface area contributed by atoms with Crippen LogP contribution in [0.1, 0.15) is 16.8 Å². The van der Waals surface area contributed by atoms with Crippen LogP contribution in [0.5, 0.6) is 5.75 Å². The summed E-state index contributed by atoms with van der Waals surface area (Å²) >= 11 is 0. The topological polar surface area (TPSA) is 43.6 Å². The summed E-state index contributed by atoms with van der Waals surface area (Å²) in [5.74, 6) is 0.794. The highest BCUT2D eigenvalue weighted by molar-refractivity contribution is 5.38. The van der Waals surface area contributed by atoms with Gasteiger partial charge in [0.25, 0.3) is 5.56 Å². The monoisotopic (exact) mass is 280 g/mol. The van der Waals surface area contributed by atoms with Crippen molar-refractivity contribution >= 4 is 5.65 Å². The standard InChI is InChI=1S/C17H16N2O2/c1-12-7-13(2)9-15(8-12)21-11-14-10-17(20)19-6-4-3-5-16(19)18-14/h3-10H,11H2,1-2H3. The van der Waals surface area contributed by atoms with Crippen molar-refractivity contribution in [1.82, 2.24) is 9.38 Å². The Labute approximate surface area is 122 Å². The van der Waals surface area contributed by atoms with Crippen LogP contribution in [0.25, 0.3) is 5.65 Å². The Hall–Kier alpha value is -2.62. The van der Waals surface area contributed by atoms with Gasteiger partial charge in [0, 0.05) is 12.3 Å². The molecule has 0 saturated carbocycles. The average molecular weight is 280 g/mol. The van der Waals surface area contributed by atoms with Gasteiger partial charge in [-0.25, -0.2) is 4.98 Å². The van der Waals surface area contributed by atoms with Crippen molar-refractivity contribution in [2.75, 3.05) is 0 Å². The minimum Gasteiger partial charge on any atom is -0.487 e. The molecule has 106 valence electrons. The number of benzene rings is 1. The third-order valence-corrected chi connectivity index (χ3v) is 3.21. The molecule has 0 N–H and O–H groups in total. The Balaban J connectivity index is 1.86. The molecule has 21 heavy (non-hydrogen) atoms. The van der Waals surface area contributed by atoms with Crippen LogP contribution in [-0.4, -0.2) is 9.38 Å². The van der Waals surface area contributed by atoms with Gasteiger partial charge >= 0.3 is 0 Å². The minimum atomic E-state index is -0.0976. The number of hydrogen-bond acceptors (Lipinski definition) is 3. The Morgan fingerprint density at radius 2 is 1.86 bits per heavy atom. The summed E-state index contributed by atoms with van der Waals surface area (Å²) in [6.07, 6.45) is 1.71. The summed E-state index contributed by atoms with van der Waals surface area (Å²) < 4.78 is 7.26. The van der Waals surface area contributed by atoms with Crippen molar-refractivity contribution in [2.45, 2.75) is 20.5 Å². The summed E-state index contributed by atoms with van der Waals surface area (Å²) in [6, 6.07) is 13.0. The highest BCUT2D eigenvalue weighted by Crippen LogP contribution is 2.17. The van der Waals surface area contributed by atoms with Gasteiger partial charge in [0.15, 0.2) is 0 Å². The fourth-order valence-electron chi connectivity index (χ4n) is 2.35. The van der Waals surface area contributed by atoms with E-state index in [1.807, 2.05) is 44.2 Å². The molecule has 2 aromatic heterocycles. The maximum atomic E-state index is 12.0. The molecule has 3 aromatic rings. The normalized spacial score (nSPS) is 10.8. The highest BCUT2D eigenvalue weighted by atomic mass is 16.5. The first-order valence-corrected chi connectivity index (χ1v) is 6.80. The number of aryl methyl sites for hydroxylation is 2. The van der Waals surface area contributed by atoms with Crippen molar-refractivity contribution in [1.29, 1.82) is 0 Å². The van der Waals surface area contributed by atoms with Crippen LogP contribution in [0.3, 0.4) is 0 Å². The zero-order chi connectivity index (χ0) is 14.8. The number of aromatic nitrogens is 2. The molecular formula is C17H16N2O2. The van der Waals surface area contributed by atoms with E-state index in [1.54, 1.807) is 6.20 Å². The van der Waals surface area contributed by atoms with Crippen molar-refractivity contribution < 1.29 is 4.74 Å². The molecule has 0 unspecified atom stereocenters. The number of rotatable bonds is 3. The summed E-state index contributed by atoms with van der Waals surface area (Å²) in [5.41, 5.74) is 3.46. The van der Waals surface area contributed by atoms with Crippen LogP contribution < -0.4 is 10.3 Å². The van der Waals surface area contributed by atoms with E-state index in [0.717, 1.165) is 16.9 Å². The Bertz CT molecular complexity index is 833. The molecule has 0 bridgehead atoms. The van der Waals surface area contributed by atoms with Crippen molar-refractivity contribution in [3.8, 4) is 5.75 Å². The van der Waals surface area contributed by atoms with Gasteiger partial charge in [0.1, 0.15) is 18.0 Å². The van der Waals surface area contributed by atoms with Gasteiger partial charge in [-0.15, -0.1) is 0 Å². The van der Waals surface area contributed by atoms with Crippen LogP contribution in [0.2, 0.25) is 0 Å². The van der Waals surface area contributed by atoms with E-state index in [9.17, 15) is 4.79 Å². The number of nitrogens with zero attached hydrogens (tertiary/aromatic N) is 2. The highest BCUT2D eigenvalue weighted by Gasteiger charge is 2.03. The smallest absolute Gasteiger partial charge is 0.258 e. The molecular weight excluding hydrogens is 264 g/mol. The summed E-state index contributed by atoms with van der Waals surface area (Å²) in [5, 5.41) is 0. The van der Waals surface area contributed by atoms with E-state index in [4.69, 9.17) is 4.74 Å². The Morgan fingerprint density at radius 1 is 1.10 bits per heavy atom. The largest absolute Gasteiger partial charge is 0.487 e. The van der Waals surface area contributed by atoms with Gasteiger partial charge < -0.3 is 4.74 Å². The first kappa shape index (κ1) is 13.4. The molecule has 0 amide bonds. The fourth-order valence-corrected chi connectivity index (χ4v) is 2.35. The molecule has 0 atom stereocenters. The maximum absolute atomic E-state index is 12.0. The molecule has 0 aliphatic heterocycles. The molecule has 4 heteroatoms. The first-order chi connectivity index (χ1) is 10.1. The lowest BCUT2D eigenvalue weighted by Crippen LogP contribution is -2.16. The molecule has 0 aliphatic rings. The number of pyridine rings is 1. The van der Waals surface area contributed by atoms with Gasteiger partial charge in [-0.05, 0) is 49.2 Å². The summed E-state index contributed by atoms with van der Waals surface area (Å²) in [6.45, 7) is 4.34. The fraction of sp³-hybridized carbons (Fsp3) is 0.176. The zero-order valence-corrected chi connectivity index (χ0v) is 12.0. The Kier molecular flexibility index (Phi) is 3.44. The molecule has 0 fully saturated rings. The molecule has 0 saturated heterocycles. The second-order valence-corrected chi connectivity index (χ2v) is 5.13. The molecule has 0 aliphatic carbocycles. The van der Waals surface area contributed by atoms with E-state index < -0.39 is 0 Å². The second kappa shape index (κ2) is 5.40. The van der Waals surface area contributed by atoms with Crippen LogP contribution in [0.4, 0.5) is 0 Å². The lowest BCUT2D eigenvalue weighted by molar-refractivity contribution is 0.301. The SMILES string of the molecule is Cc1cc(C)cc(OCc2cc(=O)n3ccccc3n2)c1. The zero-order valence-electron chi connectivity index (χ0n) is 12.0. The van der Waals surface area contributed by atoms with Gasteiger partial charge in [-0.3, -0.25) is 9.20 Å². The second-order valence-electron chi connectivity index (χ2n) is 5.13. The van der Waals surface area contributed by atoms with Crippen LogP contribution in [0, 0.1) is 13.8 Å². The number of fused-ring (bicyclic) bond motifs is 1. The predicted molar refractivity (Wildman–Crippen MR) is 81.7 cm³/mol. The molecule has 0 radical (unpaired) electrons. The summed E-state index contributed by atoms with van der Waals surface area (Å²) in [7, 11) is 0. The van der Waals surface area contributed by atoms with Crippen LogP contribution >= 0.6 is 0 Å². The Morgan fingerprint density at radius 3 is 2.62 bits per heavy atom. The van der Waals surface area contributed by atoms with Gasteiger partial charge in [0.2, 0.25) is 0 Å². The average Bonchev–Trinajstić information content (AvgIpc) is 2.44. The van der Waals surface area contributed by atoms with Crippen molar-refractivity contribution in [3.63, 3.8) is 0 Å². The van der Waals surface area contributed by atoms with Crippen molar-refractivity contribution in [2.24, 2.45) is 0 Å². The van der Waals surface area contributed by atoms with Crippen LogP contribution in [0.15, 0.2) is 53.5 Å². The maximum Gasteiger partial charge on any atom is 0.258 e. The van der Waals surface area contributed by atoms with E-state index in [2.05, 4.69) is 11.1 Å². The van der Waals surface area contributed by atoms with E-state index in [0.29, 0.717) is 11.3 Å². The van der Waals surface area contributed by atoms with Gasteiger partial charge in [-0.1, -0.05) is 12.1 Å². The quantitative estimate of drug-likeness (QED) is 0.741. The molecule has 0 spiro atoms. The van der Waals surface area contributed by atoms with Gasteiger partial charge in [0.05, 0.1) is 5.69 Å². The number of hydrogen-bond donors (Lipinski definition) is 0. The summed E-state index contributed by atoms with van der Waals surface area (Å²) in [4.78, 5) is 16.4.